The van der Waals surface area contributed by atoms with Crippen LogP contribution >= 0.6 is 34.5 Å². The lowest BCUT2D eigenvalue weighted by Gasteiger charge is -2.38. The zero-order valence-corrected chi connectivity index (χ0v) is 23.0. The Kier molecular flexibility index (Phi) is 9.01. The van der Waals surface area contributed by atoms with Crippen LogP contribution in [0.15, 0.2) is 18.6 Å². The van der Waals surface area contributed by atoms with Gasteiger partial charge in [0.05, 0.1) is 35.0 Å². The maximum absolute atomic E-state index is 13.0. The summed E-state index contributed by atoms with van der Waals surface area (Å²) in [5.74, 6) is -0.794. The van der Waals surface area contributed by atoms with E-state index in [4.69, 9.17) is 37.7 Å². The number of hydrogen-bond acceptors (Lipinski definition) is 9. The summed E-state index contributed by atoms with van der Waals surface area (Å²) in [4.78, 5) is 44.2. The second-order valence-electron chi connectivity index (χ2n) is 8.46. The van der Waals surface area contributed by atoms with Gasteiger partial charge in [0.25, 0.3) is 5.91 Å². The van der Waals surface area contributed by atoms with Crippen molar-refractivity contribution in [2.75, 3.05) is 31.2 Å². The first-order valence-electron chi connectivity index (χ1n) is 12.0. The molecule has 2 atom stereocenters. The second-order valence-corrected chi connectivity index (χ2v) is 10.2. The van der Waals surface area contributed by atoms with E-state index in [1.54, 1.807) is 32.4 Å². The molecule has 37 heavy (non-hydrogen) atoms. The molecule has 0 radical (unpaired) electrons. The van der Waals surface area contributed by atoms with Gasteiger partial charge in [-0.3, -0.25) is 14.8 Å². The second kappa shape index (κ2) is 12.2. The first kappa shape index (κ1) is 27.3. The van der Waals surface area contributed by atoms with Crippen LogP contribution in [-0.4, -0.2) is 70.3 Å². The van der Waals surface area contributed by atoms with Crippen LogP contribution in [0.25, 0.3) is 11.4 Å². The number of halogens is 2. The van der Waals surface area contributed by atoms with Crippen LogP contribution < -0.4 is 10.2 Å². The Morgan fingerprint density at radius 3 is 2.73 bits per heavy atom. The molecule has 0 saturated carbocycles. The average molecular weight is 567 g/mol. The Balaban J connectivity index is 1.56. The zero-order chi connectivity index (χ0) is 26.5. The molecule has 1 aliphatic heterocycles. The van der Waals surface area contributed by atoms with Crippen molar-refractivity contribution in [3.8, 4) is 11.4 Å². The van der Waals surface area contributed by atoms with E-state index in [-0.39, 0.29) is 35.4 Å². The summed E-state index contributed by atoms with van der Waals surface area (Å²) in [6.07, 6.45) is 5.80. The van der Waals surface area contributed by atoms with Crippen molar-refractivity contribution in [3.05, 3.63) is 44.9 Å². The van der Waals surface area contributed by atoms with E-state index in [0.717, 1.165) is 6.42 Å². The number of thiazole rings is 1. The fourth-order valence-corrected chi connectivity index (χ4v) is 5.46. The lowest BCUT2D eigenvalue weighted by atomic mass is 10.0. The molecule has 4 heterocycles. The summed E-state index contributed by atoms with van der Waals surface area (Å²) in [7, 11) is 0. The molecule has 1 amide bonds. The van der Waals surface area contributed by atoms with Gasteiger partial charge in [-0.1, -0.05) is 41.5 Å². The summed E-state index contributed by atoms with van der Waals surface area (Å²) < 4.78 is 11.4. The molecule has 10 nitrogen and oxygen atoms in total. The van der Waals surface area contributed by atoms with Crippen LogP contribution in [0, 0.1) is 6.92 Å². The number of ether oxygens (including phenoxy) is 2. The normalized spacial score (nSPS) is 17.6. The van der Waals surface area contributed by atoms with E-state index in [2.05, 4.69) is 25.2 Å². The maximum atomic E-state index is 13.0. The number of rotatable bonds is 9. The van der Waals surface area contributed by atoms with E-state index in [1.807, 2.05) is 6.92 Å². The lowest BCUT2D eigenvalue weighted by molar-refractivity contribution is 0.0205. The molecule has 1 saturated heterocycles. The standard InChI is InChI=1S/C24H28Cl2N6O4S/c1-4-10-36-16-12-32(9-6-14(16)30-22(33)20-18(26)17(25)13(3)29-20)24-31-19(15-11-27-7-8-28-15)21(37-24)23(34)35-5-2/h7-8,11,14,16,29H,4-6,9-10,12H2,1-3H3,(H,30,33)/t14-,16+/m1/s1. The highest BCUT2D eigenvalue weighted by Gasteiger charge is 2.34. The van der Waals surface area contributed by atoms with Gasteiger partial charge in [0, 0.05) is 37.8 Å². The summed E-state index contributed by atoms with van der Waals surface area (Å²) in [6.45, 7) is 7.38. The number of nitrogens with zero attached hydrogens (tertiary/aromatic N) is 4. The number of hydrogen-bond donors (Lipinski definition) is 2. The molecule has 0 spiro atoms. The third kappa shape index (κ3) is 6.06. The number of piperidine rings is 1. The van der Waals surface area contributed by atoms with Crippen molar-refractivity contribution in [1.29, 1.82) is 0 Å². The van der Waals surface area contributed by atoms with Crippen LogP contribution in [-0.2, 0) is 9.47 Å². The maximum Gasteiger partial charge on any atom is 0.350 e. The third-order valence-corrected chi connectivity index (χ3v) is 7.89. The van der Waals surface area contributed by atoms with Gasteiger partial charge in [-0.25, -0.2) is 9.78 Å². The number of H-pyrrole nitrogens is 1. The van der Waals surface area contributed by atoms with E-state index in [0.29, 0.717) is 58.2 Å². The predicted molar refractivity (Wildman–Crippen MR) is 143 cm³/mol. The number of carbonyl (C=O) groups is 2. The van der Waals surface area contributed by atoms with Gasteiger partial charge < -0.3 is 24.7 Å². The SMILES string of the molecule is CCCO[C@H]1CN(c2nc(-c3cnccn3)c(C(=O)OCC)s2)CC[C@H]1NC(=O)c1[nH]c(C)c(Cl)c1Cl. The van der Waals surface area contributed by atoms with Gasteiger partial charge in [-0.15, -0.1) is 0 Å². The number of aromatic nitrogens is 4. The quantitative estimate of drug-likeness (QED) is 0.362. The van der Waals surface area contributed by atoms with Crippen molar-refractivity contribution in [2.45, 2.75) is 45.8 Å². The van der Waals surface area contributed by atoms with Gasteiger partial charge in [-0.05, 0) is 26.7 Å². The van der Waals surface area contributed by atoms with Crippen molar-refractivity contribution in [2.24, 2.45) is 0 Å². The molecule has 0 unspecified atom stereocenters. The van der Waals surface area contributed by atoms with Gasteiger partial charge in [0.2, 0.25) is 0 Å². The van der Waals surface area contributed by atoms with Crippen LogP contribution in [0.3, 0.4) is 0 Å². The monoisotopic (exact) mass is 566 g/mol. The number of amides is 1. The Hall–Kier alpha value is -2.73. The number of anilines is 1. The van der Waals surface area contributed by atoms with Gasteiger partial charge in [0.1, 0.15) is 22.0 Å². The molecule has 13 heteroatoms. The van der Waals surface area contributed by atoms with Crippen molar-refractivity contribution < 1.29 is 19.1 Å². The number of esters is 1. The molecule has 4 rings (SSSR count). The highest BCUT2D eigenvalue weighted by molar-refractivity contribution is 7.17. The molecule has 0 aromatic carbocycles. The molecule has 2 N–H and O–H groups in total. The number of nitrogens with one attached hydrogen (secondary N) is 2. The fraction of sp³-hybridized carbons (Fsp3) is 0.458. The van der Waals surface area contributed by atoms with Crippen molar-refractivity contribution in [3.63, 3.8) is 0 Å². The minimum Gasteiger partial charge on any atom is -0.462 e. The minimum atomic E-state index is -0.454. The van der Waals surface area contributed by atoms with Crippen LogP contribution in [0.5, 0.6) is 0 Å². The predicted octanol–water partition coefficient (Wildman–Crippen LogP) is 4.52. The van der Waals surface area contributed by atoms with Crippen molar-refractivity contribution >= 4 is 51.5 Å². The molecular formula is C24H28Cl2N6O4S. The summed E-state index contributed by atoms with van der Waals surface area (Å²) in [5.41, 5.74) is 1.78. The molecular weight excluding hydrogens is 539 g/mol. The Morgan fingerprint density at radius 2 is 2.08 bits per heavy atom. The summed E-state index contributed by atoms with van der Waals surface area (Å²) in [5, 5.41) is 4.23. The Bertz CT molecular complexity index is 1250. The van der Waals surface area contributed by atoms with Gasteiger partial charge in [0.15, 0.2) is 5.13 Å². The third-order valence-electron chi connectivity index (χ3n) is 5.85. The molecule has 1 aliphatic rings. The van der Waals surface area contributed by atoms with Crippen LogP contribution in [0.4, 0.5) is 5.13 Å². The minimum absolute atomic E-state index is 0.200. The molecule has 1 fully saturated rings. The smallest absolute Gasteiger partial charge is 0.350 e. The molecule has 0 aliphatic carbocycles. The number of carbonyl (C=O) groups excluding carboxylic acids is 2. The van der Waals surface area contributed by atoms with E-state index in [1.165, 1.54) is 11.3 Å². The fourth-order valence-electron chi connectivity index (χ4n) is 4.04. The van der Waals surface area contributed by atoms with Gasteiger partial charge >= 0.3 is 5.97 Å². The van der Waals surface area contributed by atoms with E-state index >= 15 is 0 Å². The number of aromatic amines is 1. The Labute approximate surface area is 228 Å². The highest BCUT2D eigenvalue weighted by Crippen LogP contribution is 2.35. The summed E-state index contributed by atoms with van der Waals surface area (Å²) >= 11 is 13.6. The largest absolute Gasteiger partial charge is 0.462 e. The van der Waals surface area contributed by atoms with Gasteiger partial charge in [-0.2, -0.15) is 0 Å². The molecule has 198 valence electrons. The topological polar surface area (TPSA) is 122 Å². The van der Waals surface area contributed by atoms with Crippen LogP contribution in [0.1, 0.15) is 52.5 Å². The zero-order valence-electron chi connectivity index (χ0n) is 20.7. The van der Waals surface area contributed by atoms with E-state index < -0.39 is 5.97 Å². The van der Waals surface area contributed by atoms with Crippen molar-refractivity contribution in [1.82, 2.24) is 25.3 Å². The Morgan fingerprint density at radius 1 is 1.27 bits per heavy atom. The molecule has 3 aromatic heterocycles. The number of aryl methyl sites for hydroxylation is 1. The first-order valence-corrected chi connectivity index (χ1v) is 13.6. The van der Waals surface area contributed by atoms with Crippen LogP contribution in [0.2, 0.25) is 10.0 Å². The average Bonchev–Trinajstić information content (AvgIpc) is 3.46. The molecule has 0 bridgehead atoms. The lowest BCUT2D eigenvalue weighted by Crippen LogP contribution is -2.55. The highest BCUT2D eigenvalue weighted by atomic mass is 35.5. The summed E-state index contributed by atoms with van der Waals surface area (Å²) in [6, 6.07) is -0.252. The first-order chi connectivity index (χ1) is 17.8. The molecule has 3 aromatic rings. The van der Waals surface area contributed by atoms with E-state index in [9.17, 15) is 9.59 Å².